The van der Waals surface area contributed by atoms with Crippen LogP contribution in [0.4, 0.5) is 13.6 Å². The van der Waals surface area contributed by atoms with Crippen molar-refractivity contribution in [3.05, 3.63) is 70.1 Å². The van der Waals surface area contributed by atoms with E-state index in [4.69, 9.17) is 30.3 Å². The third-order valence-corrected chi connectivity index (χ3v) is 7.29. The van der Waals surface area contributed by atoms with Crippen LogP contribution in [-0.4, -0.2) is 51.9 Å². The summed E-state index contributed by atoms with van der Waals surface area (Å²) in [5.74, 6) is -1.51. The average molecular weight is 588 g/mol. The Kier molecular flexibility index (Phi) is 7.74. The Hall–Kier alpha value is -3.99. The number of esters is 1. The van der Waals surface area contributed by atoms with Gasteiger partial charge >= 0.3 is 12.1 Å². The lowest BCUT2D eigenvalue weighted by Crippen LogP contribution is -2.48. The maximum atomic E-state index is 14.2. The Morgan fingerprint density at radius 2 is 1.90 bits per heavy atom. The highest BCUT2D eigenvalue weighted by molar-refractivity contribution is 6.33. The molecule has 12 heteroatoms. The van der Waals surface area contributed by atoms with Crippen LogP contribution in [0, 0.1) is 11.6 Å². The van der Waals surface area contributed by atoms with E-state index in [1.807, 2.05) is 0 Å². The van der Waals surface area contributed by atoms with Crippen molar-refractivity contribution in [2.45, 2.75) is 64.3 Å². The Bertz CT molecular complexity index is 1520. The van der Waals surface area contributed by atoms with E-state index in [2.05, 4.69) is 10.1 Å². The van der Waals surface area contributed by atoms with Gasteiger partial charge in [-0.15, -0.1) is 0 Å². The van der Waals surface area contributed by atoms with E-state index in [9.17, 15) is 18.4 Å². The topological polar surface area (TPSA) is 104 Å². The van der Waals surface area contributed by atoms with Crippen LogP contribution < -0.4 is 4.74 Å². The fraction of sp³-hybridized carbons (Fsp3) is 0.379. The number of rotatable bonds is 6. The van der Waals surface area contributed by atoms with E-state index in [1.165, 1.54) is 13.2 Å². The summed E-state index contributed by atoms with van der Waals surface area (Å²) in [5, 5.41) is 3.38. The first kappa shape index (κ1) is 28.5. The van der Waals surface area contributed by atoms with Crippen LogP contribution in [-0.2, 0) is 20.9 Å². The summed E-state index contributed by atoms with van der Waals surface area (Å²) in [7, 11) is 1.31. The van der Waals surface area contributed by atoms with Crippen LogP contribution in [0.3, 0.4) is 0 Å². The number of pyridine rings is 1. The highest BCUT2D eigenvalue weighted by Gasteiger charge is 2.48. The molecule has 5 rings (SSSR count). The number of fused-ring (bicyclic) bond motifs is 2. The third-order valence-electron chi connectivity index (χ3n) is 6.92. The van der Waals surface area contributed by atoms with Crippen LogP contribution in [0.1, 0.15) is 51.4 Å². The molecule has 9 nitrogen and oxygen atoms in total. The molecule has 1 aromatic carbocycles. The fourth-order valence-electron chi connectivity index (χ4n) is 5.20. The number of hydrogen-bond acceptors (Lipinski definition) is 8. The number of hydrogen-bond donors (Lipinski definition) is 0. The van der Waals surface area contributed by atoms with E-state index in [1.54, 1.807) is 44.0 Å². The maximum absolute atomic E-state index is 14.2. The molecule has 4 heterocycles. The molecule has 3 aromatic rings. The highest BCUT2D eigenvalue weighted by atomic mass is 35.5. The first-order valence-electron chi connectivity index (χ1n) is 13.0. The van der Waals surface area contributed by atoms with Crippen LogP contribution in [0.25, 0.3) is 16.8 Å². The van der Waals surface area contributed by atoms with Crippen molar-refractivity contribution in [3.63, 3.8) is 0 Å². The van der Waals surface area contributed by atoms with E-state index < -0.39 is 40.4 Å². The first-order chi connectivity index (χ1) is 19.5. The second kappa shape index (κ2) is 11.1. The minimum atomic E-state index is -0.776. The highest BCUT2D eigenvalue weighted by Crippen LogP contribution is 2.44. The summed E-state index contributed by atoms with van der Waals surface area (Å²) in [5.41, 5.74) is 1.05. The molecule has 2 unspecified atom stereocenters. The Morgan fingerprint density at radius 3 is 2.59 bits per heavy atom. The molecule has 2 aliphatic rings. The van der Waals surface area contributed by atoms with Gasteiger partial charge in [-0.2, -0.15) is 0 Å². The van der Waals surface area contributed by atoms with Gasteiger partial charge in [0.2, 0.25) is 5.88 Å². The predicted octanol–water partition coefficient (Wildman–Crippen LogP) is 6.35. The van der Waals surface area contributed by atoms with Gasteiger partial charge in [0.05, 0.1) is 29.3 Å². The molecule has 0 aliphatic carbocycles. The van der Waals surface area contributed by atoms with Crippen molar-refractivity contribution in [3.8, 4) is 17.1 Å². The molecule has 1 amide bonds. The van der Waals surface area contributed by atoms with Crippen molar-refractivity contribution in [1.82, 2.24) is 15.0 Å². The molecule has 1 saturated heterocycles. The molecular formula is C29H28ClF2N3O6. The van der Waals surface area contributed by atoms with Crippen LogP contribution in [0.2, 0.25) is 5.02 Å². The zero-order valence-electron chi connectivity index (χ0n) is 22.9. The van der Waals surface area contributed by atoms with Gasteiger partial charge in [0.15, 0.2) is 12.4 Å². The quantitative estimate of drug-likeness (QED) is 0.243. The largest absolute Gasteiger partial charge is 0.469 e. The normalized spacial score (nSPS) is 18.5. The number of benzene rings is 1. The van der Waals surface area contributed by atoms with Gasteiger partial charge in [0, 0.05) is 24.4 Å². The summed E-state index contributed by atoms with van der Waals surface area (Å²) in [6, 6.07) is 6.13. The van der Waals surface area contributed by atoms with Gasteiger partial charge in [0.1, 0.15) is 22.9 Å². The minimum Gasteiger partial charge on any atom is -0.469 e. The Labute approximate surface area is 240 Å². The van der Waals surface area contributed by atoms with E-state index in [0.717, 1.165) is 24.1 Å². The van der Waals surface area contributed by atoms with E-state index in [-0.39, 0.29) is 35.5 Å². The van der Waals surface area contributed by atoms with Crippen molar-refractivity contribution in [2.24, 2.45) is 0 Å². The maximum Gasteiger partial charge on any atom is 0.411 e. The number of carbonyl (C=O) groups is 2. The SMILES string of the molecule is COC(=O)C1=C(c2ccc(OCc3cc(-c4c(F)ccc(F)c4Cl)no3)nc2)CC2CCC1N2C(=O)OC(C)(C)C. The van der Waals surface area contributed by atoms with Crippen molar-refractivity contribution in [1.29, 1.82) is 0 Å². The lowest BCUT2D eigenvalue weighted by molar-refractivity contribution is -0.136. The number of nitrogens with zero attached hydrogens (tertiary/aromatic N) is 3. The minimum absolute atomic E-state index is 0.0311. The Morgan fingerprint density at radius 1 is 1.15 bits per heavy atom. The monoisotopic (exact) mass is 587 g/mol. The van der Waals surface area contributed by atoms with Crippen molar-refractivity contribution >= 4 is 29.2 Å². The lowest BCUT2D eigenvalue weighted by Gasteiger charge is -2.37. The second-order valence-electron chi connectivity index (χ2n) is 10.8. The number of amides is 1. The van der Waals surface area contributed by atoms with Crippen LogP contribution in [0.15, 0.2) is 46.6 Å². The van der Waals surface area contributed by atoms with Gasteiger partial charge in [-0.25, -0.2) is 23.4 Å². The molecule has 41 heavy (non-hydrogen) atoms. The van der Waals surface area contributed by atoms with Crippen LogP contribution >= 0.6 is 11.6 Å². The number of methoxy groups -OCH3 is 1. The van der Waals surface area contributed by atoms with Gasteiger partial charge in [-0.05, 0) is 69.4 Å². The zero-order valence-corrected chi connectivity index (χ0v) is 23.6. The summed E-state index contributed by atoms with van der Waals surface area (Å²) >= 11 is 5.91. The molecule has 0 spiro atoms. The standard InChI is InChI=1S/C29H28ClF2N3O6/c1-29(2,3)40-28(37)35-16-6-9-22(35)24(27(36)38-4)18(11-16)15-5-10-23(33-13-15)39-14-17-12-21(34-41-17)25-19(31)7-8-20(32)26(25)30/h5,7-8,10,12-13,16,22H,6,9,11,14H2,1-4H3. The van der Waals surface area contributed by atoms with Crippen molar-refractivity contribution < 1.29 is 37.1 Å². The number of ether oxygens (including phenoxy) is 3. The molecule has 2 atom stereocenters. The smallest absolute Gasteiger partial charge is 0.411 e. The first-order valence-corrected chi connectivity index (χ1v) is 13.4. The summed E-state index contributed by atoms with van der Waals surface area (Å²) in [6.45, 7) is 5.32. The molecule has 2 aromatic heterocycles. The molecule has 1 fully saturated rings. The number of carbonyl (C=O) groups excluding carboxylic acids is 2. The van der Waals surface area contributed by atoms with Gasteiger partial charge in [0.25, 0.3) is 0 Å². The molecule has 0 saturated carbocycles. The third kappa shape index (κ3) is 5.76. The average Bonchev–Trinajstić information content (AvgIpc) is 3.52. The van der Waals surface area contributed by atoms with Gasteiger partial charge in [-0.1, -0.05) is 16.8 Å². The fourth-order valence-corrected chi connectivity index (χ4v) is 5.45. The number of aromatic nitrogens is 2. The predicted molar refractivity (Wildman–Crippen MR) is 144 cm³/mol. The molecule has 2 bridgehead atoms. The van der Waals surface area contributed by atoms with Gasteiger partial charge in [-0.3, -0.25) is 4.90 Å². The van der Waals surface area contributed by atoms with E-state index >= 15 is 0 Å². The molecule has 216 valence electrons. The molecule has 2 aliphatic heterocycles. The molecule has 0 radical (unpaired) electrons. The zero-order chi connectivity index (χ0) is 29.5. The van der Waals surface area contributed by atoms with Crippen LogP contribution in [0.5, 0.6) is 5.88 Å². The summed E-state index contributed by atoms with van der Waals surface area (Å²) in [4.78, 5) is 31.9. The molecule has 0 N–H and O–H groups in total. The lowest BCUT2D eigenvalue weighted by atomic mass is 9.89. The van der Waals surface area contributed by atoms with E-state index in [0.29, 0.717) is 24.0 Å². The second-order valence-corrected chi connectivity index (χ2v) is 11.2. The summed E-state index contributed by atoms with van der Waals surface area (Å²) in [6.07, 6.45) is 2.93. The van der Waals surface area contributed by atoms with Gasteiger partial charge < -0.3 is 18.7 Å². The Balaban J connectivity index is 1.33. The summed E-state index contributed by atoms with van der Waals surface area (Å²) < 4.78 is 49.6. The number of halogens is 3. The van der Waals surface area contributed by atoms with Crippen molar-refractivity contribution in [2.75, 3.05) is 7.11 Å². The molecular weight excluding hydrogens is 560 g/mol.